The van der Waals surface area contributed by atoms with Crippen molar-refractivity contribution in [3.63, 3.8) is 0 Å². The summed E-state index contributed by atoms with van der Waals surface area (Å²) in [6, 6.07) is -0.317. The fourth-order valence-corrected chi connectivity index (χ4v) is 1.83. The average Bonchev–Trinajstić information content (AvgIpc) is 2.47. The number of carbonyl (C=O) groups excluding carboxylic acids is 3. The molecular formula is C12H20N2O3. The Morgan fingerprint density at radius 1 is 1.35 bits per heavy atom. The summed E-state index contributed by atoms with van der Waals surface area (Å²) in [4.78, 5) is 35.6. The summed E-state index contributed by atoms with van der Waals surface area (Å²) in [5, 5.41) is 2.70. The molecule has 1 aliphatic rings. The predicted molar refractivity (Wildman–Crippen MR) is 63.5 cm³/mol. The minimum absolute atomic E-state index is 0.139. The lowest BCUT2D eigenvalue weighted by Crippen LogP contribution is -2.43. The Morgan fingerprint density at radius 3 is 2.47 bits per heavy atom. The molecule has 17 heavy (non-hydrogen) atoms. The predicted octanol–water partition coefficient (Wildman–Crippen LogP) is 1.47. The van der Waals surface area contributed by atoms with Gasteiger partial charge in [0.1, 0.15) is 11.3 Å². The number of ketones is 1. The molecule has 5 heteroatoms. The van der Waals surface area contributed by atoms with Gasteiger partial charge in [0.25, 0.3) is 5.91 Å². The van der Waals surface area contributed by atoms with E-state index in [1.165, 1.54) is 4.90 Å². The second-order valence-electron chi connectivity index (χ2n) is 4.73. The van der Waals surface area contributed by atoms with Crippen LogP contribution in [0.5, 0.6) is 0 Å². The van der Waals surface area contributed by atoms with Gasteiger partial charge in [-0.25, -0.2) is 4.79 Å². The number of nitrogens with zero attached hydrogens (tertiary/aromatic N) is 1. The van der Waals surface area contributed by atoms with Crippen LogP contribution in [-0.2, 0) is 9.59 Å². The van der Waals surface area contributed by atoms with Crippen LogP contribution < -0.4 is 5.32 Å². The summed E-state index contributed by atoms with van der Waals surface area (Å²) < 4.78 is 0. The van der Waals surface area contributed by atoms with E-state index < -0.39 is 5.54 Å². The van der Waals surface area contributed by atoms with Gasteiger partial charge in [-0.15, -0.1) is 0 Å². The maximum Gasteiger partial charge on any atom is 0.325 e. The molecule has 1 saturated heterocycles. The summed E-state index contributed by atoms with van der Waals surface area (Å²) in [6.45, 7) is 5.55. The third kappa shape index (κ3) is 3.05. The standard InChI is InChI=1S/C12H20N2O3/c1-4-12(3)10(16)14(11(17)13-12)8-6-5-7-9(2)15/h4-8H2,1-3H3,(H,13,17). The first kappa shape index (κ1) is 13.7. The Labute approximate surface area is 102 Å². The maximum atomic E-state index is 12.0. The molecule has 0 bridgehead atoms. The van der Waals surface area contributed by atoms with Gasteiger partial charge >= 0.3 is 6.03 Å². The fourth-order valence-electron chi connectivity index (χ4n) is 1.83. The third-order valence-corrected chi connectivity index (χ3v) is 3.21. The van der Waals surface area contributed by atoms with Crippen molar-refractivity contribution in [1.82, 2.24) is 10.2 Å². The molecule has 3 amide bonds. The zero-order valence-corrected chi connectivity index (χ0v) is 10.7. The quantitative estimate of drug-likeness (QED) is 0.564. The van der Waals surface area contributed by atoms with Crippen molar-refractivity contribution in [2.75, 3.05) is 6.54 Å². The Morgan fingerprint density at radius 2 is 2.00 bits per heavy atom. The molecule has 1 N–H and O–H groups in total. The van der Waals surface area contributed by atoms with Gasteiger partial charge in [0.15, 0.2) is 0 Å². The highest BCUT2D eigenvalue weighted by atomic mass is 16.2. The lowest BCUT2D eigenvalue weighted by molar-refractivity contribution is -0.130. The summed E-state index contributed by atoms with van der Waals surface area (Å²) in [5.41, 5.74) is -0.752. The molecule has 1 atom stereocenters. The SMILES string of the molecule is CCC1(C)NC(=O)N(CCCCC(C)=O)C1=O. The van der Waals surface area contributed by atoms with Crippen LogP contribution in [0.25, 0.3) is 0 Å². The van der Waals surface area contributed by atoms with Gasteiger partial charge in [-0.05, 0) is 33.1 Å². The molecule has 1 rings (SSSR count). The van der Waals surface area contributed by atoms with Gasteiger partial charge in [0.2, 0.25) is 0 Å². The molecule has 0 aromatic carbocycles. The number of carbonyl (C=O) groups is 3. The molecule has 0 spiro atoms. The van der Waals surface area contributed by atoms with E-state index in [1.54, 1.807) is 13.8 Å². The monoisotopic (exact) mass is 240 g/mol. The molecule has 1 aliphatic heterocycles. The molecule has 0 aliphatic carbocycles. The molecule has 1 fully saturated rings. The van der Waals surface area contributed by atoms with Crippen LogP contribution >= 0.6 is 0 Å². The van der Waals surface area contributed by atoms with Crippen LogP contribution in [0.1, 0.15) is 46.5 Å². The number of hydrogen-bond acceptors (Lipinski definition) is 3. The van der Waals surface area contributed by atoms with Crippen molar-refractivity contribution < 1.29 is 14.4 Å². The number of hydrogen-bond donors (Lipinski definition) is 1. The van der Waals surface area contributed by atoms with Crippen molar-refractivity contribution in [3.8, 4) is 0 Å². The molecule has 96 valence electrons. The summed E-state index contributed by atoms with van der Waals surface area (Å²) in [6.07, 6.45) is 2.49. The highest BCUT2D eigenvalue weighted by Crippen LogP contribution is 2.21. The largest absolute Gasteiger partial charge is 0.325 e. The zero-order chi connectivity index (χ0) is 13.1. The van der Waals surface area contributed by atoms with Crippen LogP contribution in [0, 0.1) is 0 Å². The minimum Gasteiger partial charge on any atom is -0.323 e. The van der Waals surface area contributed by atoms with Crippen LogP contribution in [0.4, 0.5) is 4.79 Å². The van der Waals surface area contributed by atoms with Gasteiger partial charge in [-0.2, -0.15) is 0 Å². The summed E-state index contributed by atoms with van der Waals surface area (Å²) in [5.74, 6) is -0.0200. The molecule has 0 saturated carbocycles. The molecule has 1 heterocycles. The average molecular weight is 240 g/mol. The second-order valence-corrected chi connectivity index (χ2v) is 4.73. The molecule has 0 aromatic rings. The minimum atomic E-state index is -0.752. The highest BCUT2D eigenvalue weighted by molar-refractivity contribution is 6.06. The lowest BCUT2D eigenvalue weighted by atomic mass is 9.99. The maximum absolute atomic E-state index is 12.0. The number of nitrogens with one attached hydrogen (secondary N) is 1. The Balaban J connectivity index is 2.47. The number of amides is 3. The summed E-state index contributed by atoms with van der Waals surface area (Å²) in [7, 11) is 0. The lowest BCUT2D eigenvalue weighted by Gasteiger charge is -2.19. The van der Waals surface area contributed by atoms with E-state index in [-0.39, 0.29) is 17.7 Å². The topological polar surface area (TPSA) is 66.5 Å². The van der Waals surface area contributed by atoms with E-state index >= 15 is 0 Å². The Kier molecular flexibility index (Phi) is 4.26. The zero-order valence-electron chi connectivity index (χ0n) is 10.7. The van der Waals surface area contributed by atoms with Gasteiger partial charge in [-0.3, -0.25) is 9.69 Å². The number of urea groups is 1. The van der Waals surface area contributed by atoms with Crippen LogP contribution in [0.2, 0.25) is 0 Å². The first-order valence-electron chi connectivity index (χ1n) is 6.04. The number of rotatable bonds is 6. The van der Waals surface area contributed by atoms with E-state index in [9.17, 15) is 14.4 Å². The van der Waals surface area contributed by atoms with Crippen LogP contribution in [-0.4, -0.2) is 34.7 Å². The Hall–Kier alpha value is -1.39. The molecule has 0 aromatic heterocycles. The van der Waals surface area contributed by atoms with Crippen molar-refractivity contribution in [1.29, 1.82) is 0 Å². The van der Waals surface area contributed by atoms with Crippen LogP contribution in [0.15, 0.2) is 0 Å². The van der Waals surface area contributed by atoms with Crippen molar-refractivity contribution >= 4 is 17.7 Å². The van der Waals surface area contributed by atoms with Gasteiger partial charge in [-0.1, -0.05) is 6.92 Å². The molecule has 0 radical (unpaired) electrons. The van der Waals surface area contributed by atoms with Crippen LogP contribution in [0.3, 0.4) is 0 Å². The van der Waals surface area contributed by atoms with Crippen molar-refractivity contribution in [2.45, 2.75) is 52.0 Å². The van der Waals surface area contributed by atoms with E-state index in [1.807, 2.05) is 6.92 Å². The van der Waals surface area contributed by atoms with E-state index in [0.717, 1.165) is 6.42 Å². The van der Waals surface area contributed by atoms with E-state index in [2.05, 4.69) is 5.32 Å². The fraction of sp³-hybridized carbons (Fsp3) is 0.750. The molecular weight excluding hydrogens is 220 g/mol. The van der Waals surface area contributed by atoms with Gasteiger partial charge in [0, 0.05) is 13.0 Å². The normalized spacial score (nSPS) is 24.1. The molecule has 5 nitrogen and oxygen atoms in total. The number of imide groups is 1. The third-order valence-electron chi connectivity index (χ3n) is 3.21. The second kappa shape index (κ2) is 5.29. The van der Waals surface area contributed by atoms with E-state index in [0.29, 0.717) is 25.8 Å². The van der Waals surface area contributed by atoms with Crippen molar-refractivity contribution in [2.24, 2.45) is 0 Å². The highest BCUT2D eigenvalue weighted by Gasteiger charge is 2.45. The van der Waals surface area contributed by atoms with Gasteiger partial charge in [0.05, 0.1) is 0 Å². The number of unbranched alkanes of at least 4 members (excludes halogenated alkanes) is 1. The van der Waals surface area contributed by atoms with Crippen molar-refractivity contribution in [3.05, 3.63) is 0 Å². The first-order valence-corrected chi connectivity index (χ1v) is 6.04. The number of Topliss-reactive ketones (excluding diaryl/α,β-unsaturated/α-hetero) is 1. The summed E-state index contributed by atoms with van der Waals surface area (Å²) >= 11 is 0. The Bertz CT molecular complexity index is 341. The first-order chi connectivity index (χ1) is 7.90. The molecule has 1 unspecified atom stereocenters. The van der Waals surface area contributed by atoms with E-state index in [4.69, 9.17) is 0 Å². The van der Waals surface area contributed by atoms with Gasteiger partial charge < -0.3 is 10.1 Å². The smallest absolute Gasteiger partial charge is 0.323 e.